The summed E-state index contributed by atoms with van der Waals surface area (Å²) in [5.74, 6) is 0. The highest BCUT2D eigenvalue weighted by molar-refractivity contribution is 7.93. The lowest BCUT2D eigenvalue weighted by atomic mass is 10.2. The van der Waals surface area contributed by atoms with Crippen LogP contribution in [-0.4, -0.2) is 8.42 Å². The number of anilines is 1. The van der Waals surface area contributed by atoms with Gasteiger partial charge >= 0.3 is 0 Å². The van der Waals surface area contributed by atoms with Gasteiger partial charge in [-0.3, -0.25) is 4.72 Å². The van der Waals surface area contributed by atoms with Gasteiger partial charge in [0.05, 0.1) is 21.3 Å². The largest absolute Gasteiger partial charge is 0.278 e. The summed E-state index contributed by atoms with van der Waals surface area (Å²) in [6, 6.07) is 12.6. The van der Waals surface area contributed by atoms with Crippen molar-refractivity contribution in [2.45, 2.75) is 4.90 Å². The molecule has 0 heterocycles. The number of para-hydroxylation sites is 1. The summed E-state index contributed by atoms with van der Waals surface area (Å²) in [7, 11) is -3.97. The summed E-state index contributed by atoms with van der Waals surface area (Å²) < 4.78 is 27.0. The molecule has 2 aromatic carbocycles. The quantitative estimate of drug-likeness (QED) is 0.935. The minimum atomic E-state index is -3.97. The number of benzene rings is 2. The van der Waals surface area contributed by atoms with Crippen LogP contribution in [0.25, 0.3) is 0 Å². The Kier molecular flexibility index (Phi) is 4.19. The van der Waals surface area contributed by atoms with Gasteiger partial charge in [0, 0.05) is 0 Å². The molecule has 2 aromatic rings. The van der Waals surface area contributed by atoms with E-state index >= 15 is 0 Å². The molecular weight excluding hydrogens is 319 g/mol. The summed E-state index contributed by atoms with van der Waals surface area (Å²) in [4.78, 5) is -0.212. The lowest BCUT2D eigenvalue weighted by Gasteiger charge is -2.11. The van der Waals surface area contributed by atoms with Gasteiger partial charge in [-0.05, 0) is 24.3 Å². The van der Waals surface area contributed by atoms with E-state index in [0.717, 1.165) is 0 Å². The van der Waals surface area contributed by atoms with Crippen LogP contribution < -0.4 is 4.72 Å². The number of nitrogens with one attached hydrogen (secondary N) is 1. The minimum Gasteiger partial charge on any atom is -0.278 e. The molecule has 0 amide bonds. The Morgan fingerprint density at radius 3 is 2.20 bits per heavy atom. The summed E-state index contributed by atoms with van der Waals surface area (Å²) in [5.41, 5.74) is 0.380. The molecule has 102 valence electrons. The number of halogens is 2. The van der Waals surface area contributed by atoms with Crippen molar-refractivity contribution in [1.82, 2.24) is 0 Å². The van der Waals surface area contributed by atoms with E-state index in [4.69, 9.17) is 28.5 Å². The monoisotopic (exact) mass is 326 g/mol. The second-order valence-electron chi connectivity index (χ2n) is 3.81. The van der Waals surface area contributed by atoms with Crippen molar-refractivity contribution in [2.24, 2.45) is 0 Å². The van der Waals surface area contributed by atoms with Crippen LogP contribution in [0.5, 0.6) is 0 Å². The predicted molar refractivity (Wildman–Crippen MR) is 78.4 cm³/mol. The molecular formula is C13H8Cl2N2O2S. The van der Waals surface area contributed by atoms with Gasteiger partial charge in [-0.25, -0.2) is 8.42 Å². The predicted octanol–water partition coefficient (Wildman–Crippen LogP) is 3.67. The number of hydrogen-bond donors (Lipinski definition) is 1. The molecule has 4 nitrogen and oxygen atoms in total. The first-order valence-electron chi connectivity index (χ1n) is 5.41. The number of rotatable bonds is 3. The Bertz CT molecular complexity index is 778. The molecule has 1 N–H and O–H groups in total. The van der Waals surface area contributed by atoms with Crippen molar-refractivity contribution in [3.8, 4) is 6.07 Å². The molecule has 0 unspecified atom stereocenters. The summed E-state index contributed by atoms with van der Waals surface area (Å²) in [6.07, 6.45) is 0. The first kappa shape index (κ1) is 14.7. The zero-order valence-electron chi connectivity index (χ0n) is 9.97. The highest BCUT2D eigenvalue weighted by atomic mass is 35.5. The zero-order chi connectivity index (χ0) is 14.8. The average molecular weight is 327 g/mol. The van der Waals surface area contributed by atoms with Crippen LogP contribution in [0.3, 0.4) is 0 Å². The third-order valence-corrected chi connectivity index (χ3v) is 4.80. The molecule has 0 aliphatic heterocycles. The molecule has 0 aliphatic carbocycles. The Labute approximate surface area is 126 Å². The second kappa shape index (κ2) is 5.71. The van der Waals surface area contributed by atoms with E-state index in [1.54, 1.807) is 18.2 Å². The van der Waals surface area contributed by atoms with Crippen molar-refractivity contribution in [1.29, 1.82) is 5.26 Å². The van der Waals surface area contributed by atoms with E-state index in [9.17, 15) is 8.42 Å². The molecule has 0 saturated carbocycles. The second-order valence-corrected chi connectivity index (χ2v) is 6.25. The standard InChI is InChI=1S/C13H8Cl2N2O2S/c14-10-5-3-6-11(15)13(10)20(18,19)17-12-7-2-1-4-9(12)8-16/h1-7,17H. The van der Waals surface area contributed by atoms with Gasteiger partial charge in [-0.15, -0.1) is 0 Å². The first-order chi connectivity index (χ1) is 9.45. The third kappa shape index (κ3) is 2.88. The molecule has 0 spiro atoms. The van der Waals surface area contributed by atoms with Crippen LogP contribution >= 0.6 is 23.2 Å². The maximum atomic E-state index is 12.3. The van der Waals surface area contributed by atoms with Crippen molar-refractivity contribution < 1.29 is 8.42 Å². The van der Waals surface area contributed by atoms with E-state index in [1.807, 2.05) is 6.07 Å². The van der Waals surface area contributed by atoms with Gasteiger partial charge in [-0.1, -0.05) is 41.4 Å². The number of nitriles is 1. The molecule has 0 radical (unpaired) electrons. The van der Waals surface area contributed by atoms with Crippen LogP contribution in [0.4, 0.5) is 5.69 Å². The van der Waals surface area contributed by atoms with Crippen molar-refractivity contribution in [3.05, 3.63) is 58.1 Å². The fourth-order valence-electron chi connectivity index (χ4n) is 1.60. The van der Waals surface area contributed by atoms with Gasteiger partial charge < -0.3 is 0 Å². The van der Waals surface area contributed by atoms with Crippen LogP contribution in [0.15, 0.2) is 47.4 Å². The van der Waals surface area contributed by atoms with E-state index in [2.05, 4.69) is 4.72 Å². The fraction of sp³-hybridized carbons (Fsp3) is 0. The fourth-order valence-corrected chi connectivity index (χ4v) is 3.83. The van der Waals surface area contributed by atoms with Gasteiger partial charge in [0.2, 0.25) is 0 Å². The van der Waals surface area contributed by atoms with E-state index in [-0.39, 0.29) is 26.2 Å². The smallest absolute Gasteiger partial charge is 0.264 e. The van der Waals surface area contributed by atoms with Gasteiger partial charge in [0.15, 0.2) is 0 Å². The summed E-state index contributed by atoms with van der Waals surface area (Å²) in [6.45, 7) is 0. The molecule has 0 atom stereocenters. The van der Waals surface area contributed by atoms with E-state index in [0.29, 0.717) is 0 Å². The molecule has 2 rings (SSSR count). The Morgan fingerprint density at radius 1 is 1.00 bits per heavy atom. The Balaban J connectivity index is 2.50. The van der Waals surface area contributed by atoms with Crippen molar-refractivity contribution in [3.63, 3.8) is 0 Å². The molecule has 0 bridgehead atoms. The van der Waals surface area contributed by atoms with E-state index < -0.39 is 10.0 Å². The molecule has 0 saturated heterocycles. The highest BCUT2D eigenvalue weighted by Crippen LogP contribution is 2.30. The maximum Gasteiger partial charge on any atom is 0.264 e. The summed E-state index contributed by atoms with van der Waals surface area (Å²) >= 11 is 11.8. The van der Waals surface area contributed by atoms with Gasteiger partial charge in [-0.2, -0.15) is 5.26 Å². The first-order valence-corrected chi connectivity index (χ1v) is 7.65. The normalized spacial score (nSPS) is 10.8. The number of hydrogen-bond acceptors (Lipinski definition) is 3. The van der Waals surface area contributed by atoms with Crippen molar-refractivity contribution in [2.75, 3.05) is 4.72 Å². The van der Waals surface area contributed by atoms with Crippen molar-refractivity contribution >= 4 is 38.9 Å². The average Bonchev–Trinajstić information content (AvgIpc) is 2.38. The Hall–Kier alpha value is -1.74. The molecule has 7 heteroatoms. The lowest BCUT2D eigenvalue weighted by molar-refractivity contribution is 0.601. The lowest BCUT2D eigenvalue weighted by Crippen LogP contribution is -2.14. The van der Waals surface area contributed by atoms with Crippen LogP contribution in [-0.2, 0) is 10.0 Å². The number of nitrogens with zero attached hydrogens (tertiary/aromatic N) is 1. The maximum absolute atomic E-state index is 12.3. The molecule has 0 fully saturated rings. The minimum absolute atomic E-state index is 0.0134. The summed E-state index contributed by atoms with van der Waals surface area (Å²) in [5, 5.41) is 8.98. The van der Waals surface area contributed by atoms with E-state index in [1.165, 1.54) is 24.3 Å². The topological polar surface area (TPSA) is 70.0 Å². The molecule has 0 aromatic heterocycles. The zero-order valence-corrected chi connectivity index (χ0v) is 12.3. The van der Waals surface area contributed by atoms with Crippen LogP contribution in [0, 0.1) is 11.3 Å². The van der Waals surface area contributed by atoms with Gasteiger partial charge in [0.25, 0.3) is 10.0 Å². The van der Waals surface area contributed by atoms with Crippen LogP contribution in [0.2, 0.25) is 10.0 Å². The van der Waals surface area contributed by atoms with Crippen LogP contribution in [0.1, 0.15) is 5.56 Å². The highest BCUT2D eigenvalue weighted by Gasteiger charge is 2.22. The molecule has 0 aliphatic rings. The Morgan fingerprint density at radius 2 is 1.60 bits per heavy atom. The SMILES string of the molecule is N#Cc1ccccc1NS(=O)(=O)c1c(Cl)cccc1Cl. The number of sulfonamides is 1. The molecule has 20 heavy (non-hydrogen) atoms. The van der Waals surface area contributed by atoms with Gasteiger partial charge in [0.1, 0.15) is 11.0 Å². The third-order valence-electron chi connectivity index (χ3n) is 2.48.